The average Bonchev–Trinajstić information content (AvgIpc) is 2.83. The Bertz CT molecular complexity index is 586. The summed E-state index contributed by atoms with van der Waals surface area (Å²) < 4.78 is 0. The maximum atomic E-state index is 11.2. The Kier molecular flexibility index (Phi) is 7.99. The average molecular weight is 444 g/mol. The molecule has 1 saturated heterocycles. The number of anilines is 1. The van der Waals surface area contributed by atoms with Gasteiger partial charge in [0.1, 0.15) is 0 Å². The fourth-order valence-electron chi connectivity index (χ4n) is 2.84. The number of hydrogen-bond acceptors (Lipinski definition) is 2. The highest BCUT2D eigenvalue weighted by molar-refractivity contribution is 14.0. The normalized spacial score (nSPS) is 16.5. The maximum absolute atomic E-state index is 11.2. The molecule has 24 heavy (non-hydrogen) atoms. The third-order valence-corrected chi connectivity index (χ3v) is 3.97. The molecule has 0 atom stereocenters. The molecule has 1 amide bonds. The minimum absolute atomic E-state index is 0. The fourth-order valence-corrected chi connectivity index (χ4v) is 2.84. The molecule has 134 valence electrons. The summed E-state index contributed by atoms with van der Waals surface area (Å²) in [6, 6.07) is 7.85. The number of guanidine groups is 1. The molecule has 2 rings (SSSR count). The summed E-state index contributed by atoms with van der Waals surface area (Å²) in [5.74, 6) is 0.918. The molecular weight excluding hydrogens is 415 g/mol. The van der Waals surface area contributed by atoms with E-state index in [9.17, 15) is 4.79 Å². The summed E-state index contributed by atoms with van der Waals surface area (Å²) >= 11 is 0. The van der Waals surface area contributed by atoms with Gasteiger partial charge in [0.05, 0.1) is 6.54 Å². The van der Waals surface area contributed by atoms with E-state index in [1.54, 1.807) is 0 Å². The van der Waals surface area contributed by atoms with Gasteiger partial charge in [-0.05, 0) is 36.5 Å². The van der Waals surface area contributed by atoms with Crippen molar-refractivity contribution in [2.45, 2.75) is 40.7 Å². The van der Waals surface area contributed by atoms with Gasteiger partial charge < -0.3 is 15.5 Å². The van der Waals surface area contributed by atoms with Crippen molar-refractivity contribution in [2.75, 3.05) is 25.0 Å². The molecule has 0 aromatic heterocycles. The van der Waals surface area contributed by atoms with Crippen molar-refractivity contribution >= 4 is 41.5 Å². The number of hydrogen-bond donors (Lipinski definition) is 2. The van der Waals surface area contributed by atoms with Crippen LogP contribution in [-0.2, 0) is 11.3 Å². The SMILES string of the molecule is CCNC(=NCc1cccc(NC(C)=O)c1)N1CCC(C)(C)C1.I. The van der Waals surface area contributed by atoms with Crippen LogP contribution in [0, 0.1) is 5.41 Å². The fraction of sp³-hybridized carbons (Fsp3) is 0.556. The number of likely N-dealkylation sites (tertiary alicyclic amines) is 1. The van der Waals surface area contributed by atoms with E-state index >= 15 is 0 Å². The van der Waals surface area contributed by atoms with E-state index in [0.717, 1.165) is 36.8 Å². The van der Waals surface area contributed by atoms with E-state index in [2.05, 4.69) is 36.3 Å². The smallest absolute Gasteiger partial charge is 0.221 e. The Labute approximate surface area is 162 Å². The minimum Gasteiger partial charge on any atom is -0.357 e. The first-order valence-electron chi connectivity index (χ1n) is 8.29. The Morgan fingerprint density at radius 2 is 2.12 bits per heavy atom. The first-order chi connectivity index (χ1) is 10.9. The lowest BCUT2D eigenvalue weighted by Gasteiger charge is -2.23. The zero-order valence-corrected chi connectivity index (χ0v) is 17.4. The van der Waals surface area contributed by atoms with Crippen LogP contribution in [0.2, 0.25) is 0 Å². The lowest BCUT2D eigenvalue weighted by molar-refractivity contribution is -0.114. The number of carbonyl (C=O) groups is 1. The lowest BCUT2D eigenvalue weighted by Crippen LogP contribution is -2.40. The second kappa shape index (κ2) is 9.25. The van der Waals surface area contributed by atoms with Crippen molar-refractivity contribution in [1.82, 2.24) is 10.2 Å². The highest BCUT2D eigenvalue weighted by Gasteiger charge is 2.30. The third kappa shape index (κ3) is 6.30. The van der Waals surface area contributed by atoms with Crippen LogP contribution in [0.5, 0.6) is 0 Å². The van der Waals surface area contributed by atoms with E-state index in [-0.39, 0.29) is 29.9 Å². The number of nitrogens with zero attached hydrogens (tertiary/aromatic N) is 2. The first-order valence-corrected chi connectivity index (χ1v) is 8.29. The zero-order chi connectivity index (χ0) is 16.9. The van der Waals surface area contributed by atoms with Gasteiger partial charge in [-0.3, -0.25) is 4.79 Å². The van der Waals surface area contributed by atoms with Gasteiger partial charge >= 0.3 is 0 Å². The van der Waals surface area contributed by atoms with Crippen LogP contribution in [0.1, 0.15) is 39.7 Å². The summed E-state index contributed by atoms with van der Waals surface area (Å²) in [7, 11) is 0. The van der Waals surface area contributed by atoms with Crippen LogP contribution >= 0.6 is 24.0 Å². The van der Waals surface area contributed by atoms with Gasteiger partial charge in [-0.2, -0.15) is 0 Å². The number of halogens is 1. The largest absolute Gasteiger partial charge is 0.357 e. The maximum Gasteiger partial charge on any atom is 0.221 e. The number of benzene rings is 1. The molecule has 0 radical (unpaired) electrons. The van der Waals surface area contributed by atoms with Gasteiger partial charge in [0, 0.05) is 32.2 Å². The van der Waals surface area contributed by atoms with Gasteiger partial charge in [-0.1, -0.05) is 26.0 Å². The molecule has 1 heterocycles. The van der Waals surface area contributed by atoms with E-state index < -0.39 is 0 Å². The highest BCUT2D eigenvalue weighted by Crippen LogP contribution is 2.28. The Hall–Kier alpha value is -1.31. The quantitative estimate of drug-likeness (QED) is 0.425. The van der Waals surface area contributed by atoms with Gasteiger partial charge in [0.2, 0.25) is 5.91 Å². The topological polar surface area (TPSA) is 56.7 Å². The van der Waals surface area contributed by atoms with Crippen molar-refractivity contribution in [2.24, 2.45) is 10.4 Å². The van der Waals surface area contributed by atoms with Gasteiger partial charge in [-0.25, -0.2) is 4.99 Å². The van der Waals surface area contributed by atoms with Crippen LogP contribution in [0.3, 0.4) is 0 Å². The Morgan fingerprint density at radius 1 is 1.38 bits per heavy atom. The molecule has 0 unspecified atom stereocenters. The predicted octanol–water partition coefficient (Wildman–Crippen LogP) is 3.46. The van der Waals surface area contributed by atoms with Gasteiger partial charge in [-0.15, -0.1) is 24.0 Å². The Morgan fingerprint density at radius 3 is 2.71 bits per heavy atom. The molecule has 0 bridgehead atoms. The minimum atomic E-state index is -0.0571. The highest BCUT2D eigenvalue weighted by atomic mass is 127. The standard InChI is InChI=1S/C18H28N4O.HI/c1-5-19-17(22-10-9-18(3,4)13-22)20-12-15-7-6-8-16(11-15)21-14(2)23;/h6-8,11H,5,9-10,12-13H2,1-4H3,(H,19,20)(H,21,23);1H. The molecule has 1 aromatic carbocycles. The molecule has 0 aliphatic carbocycles. The zero-order valence-electron chi connectivity index (χ0n) is 15.1. The van der Waals surface area contributed by atoms with Crippen LogP contribution < -0.4 is 10.6 Å². The van der Waals surface area contributed by atoms with Crippen molar-refractivity contribution in [3.8, 4) is 0 Å². The number of carbonyl (C=O) groups excluding carboxylic acids is 1. The van der Waals surface area contributed by atoms with Crippen molar-refractivity contribution in [1.29, 1.82) is 0 Å². The number of nitrogens with one attached hydrogen (secondary N) is 2. The third-order valence-electron chi connectivity index (χ3n) is 3.97. The van der Waals surface area contributed by atoms with Crippen LogP contribution in [-0.4, -0.2) is 36.4 Å². The summed E-state index contributed by atoms with van der Waals surface area (Å²) in [6.07, 6.45) is 1.19. The Balaban J connectivity index is 0.00000288. The van der Waals surface area contributed by atoms with Crippen molar-refractivity contribution < 1.29 is 4.79 Å². The number of amides is 1. The number of rotatable bonds is 4. The molecule has 0 spiro atoms. The predicted molar refractivity (Wildman–Crippen MR) is 111 cm³/mol. The number of aliphatic imine (C=N–C) groups is 1. The lowest BCUT2D eigenvalue weighted by atomic mass is 9.93. The second-order valence-corrected chi connectivity index (χ2v) is 6.89. The van der Waals surface area contributed by atoms with E-state index in [0.29, 0.717) is 12.0 Å². The molecule has 1 aromatic rings. The van der Waals surface area contributed by atoms with Gasteiger partial charge in [0.25, 0.3) is 0 Å². The molecule has 0 saturated carbocycles. The molecule has 1 fully saturated rings. The molecule has 1 aliphatic rings. The van der Waals surface area contributed by atoms with E-state index in [4.69, 9.17) is 4.99 Å². The second-order valence-electron chi connectivity index (χ2n) is 6.89. The van der Waals surface area contributed by atoms with E-state index in [1.165, 1.54) is 13.3 Å². The van der Waals surface area contributed by atoms with Crippen LogP contribution in [0.15, 0.2) is 29.3 Å². The summed E-state index contributed by atoms with van der Waals surface area (Å²) in [6.45, 7) is 11.8. The van der Waals surface area contributed by atoms with Crippen LogP contribution in [0.25, 0.3) is 0 Å². The first kappa shape index (κ1) is 20.7. The van der Waals surface area contributed by atoms with E-state index in [1.807, 2.05) is 24.3 Å². The summed E-state index contributed by atoms with van der Waals surface area (Å²) in [5, 5.41) is 6.20. The molecule has 2 N–H and O–H groups in total. The molecule has 6 heteroatoms. The monoisotopic (exact) mass is 444 g/mol. The molecular formula is C18H29IN4O. The van der Waals surface area contributed by atoms with Gasteiger partial charge in [0.15, 0.2) is 5.96 Å². The molecule has 1 aliphatic heterocycles. The van der Waals surface area contributed by atoms with Crippen molar-refractivity contribution in [3.63, 3.8) is 0 Å². The summed E-state index contributed by atoms with van der Waals surface area (Å²) in [4.78, 5) is 18.3. The summed E-state index contributed by atoms with van der Waals surface area (Å²) in [5.41, 5.74) is 2.25. The van der Waals surface area contributed by atoms with Crippen LogP contribution in [0.4, 0.5) is 5.69 Å². The van der Waals surface area contributed by atoms with Crippen molar-refractivity contribution in [3.05, 3.63) is 29.8 Å². The molecule has 5 nitrogen and oxygen atoms in total.